The Kier molecular flexibility index (Phi) is 6.15. The Hall–Kier alpha value is -3.92. The molecule has 2 N–H and O–H groups in total. The van der Waals surface area contributed by atoms with Gasteiger partial charge in [0.25, 0.3) is 5.91 Å². The number of nitrogens with one attached hydrogen (secondary N) is 1. The highest BCUT2D eigenvalue weighted by molar-refractivity contribution is 6.31. The number of urea groups is 1. The molecule has 1 aromatic heterocycles. The second-order valence-corrected chi connectivity index (χ2v) is 9.92. The number of amides is 3. The zero-order valence-corrected chi connectivity index (χ0v) is 21.0. The molecular weight excluding hydrogens is 501 g/mol. The molecule has 1 unspecified atom stereocenters. The van der Waals surface area contributed by atoms with Gasteiger partial charge in [-0.1, -0.05) is 23.7 Å². The Bertz CT molecular complexity index is 1420. The predicted octanol–water partition coefficient (Wildman–Crippen LogP) is 4.57. The van der Waals surface area contributed by atoms with E-state index in [0.29, 0.717) is 30.8 Å². The lowest BCUT2D eigenvalue weighted by molar-refractivity contribution is 0.0694. The number of carbonyl (C=O) groups excluding carboxylic acids is 2. The van der Waals surface area contributed by atoms with E-state index in [1.54, 1.807) is 35.3 Å². The predicted molar refractivity (Wildman–Crippen MR) is 134 cm³/mol. The molecule has 2 aliphatic rings. The molecule has 0 radical (unpaired) electrons. The number of carbonyl (C=O) groups is 3. The quantitative estimate of drug-likeness (QED) is 0.507. The number of imidazole rings is 1. The third-order valence-corrected chi connectivity index (χ3v) is 7.50. The minimum absolute atomic E-state index is 0.0959. The van der Waals surface area contributed by atoms with E-state index in [9.17, 15) is 23.9 Å². The third-order valence-electron chi connectivity index (χ3n) is 7.21. The molecule has 0 bridgehead atoms. The first-order chi connectivity index (χ1) is 17.6. The average molecular weight is 526 g/mol. The summed E-state index contributed by atoms with van der Waals surface area (Å²) >= 11 is 5.84. The zero-order chi connectivity index (χ0) is 26.5. The molecule has 3 amide bonds. The number of aromatic nitrogens is 2. The number of nitrogens with zero attached hydrogens (tertiary/aromatic N) is 4. The number of halogens is 2. The number of rotatable bonds is 5. The number of hydrogen-bond acceptors (Lipinski definition) is 4. The van der Waals surface area contributed by atoms with E-state index in [-0.39, 0.29) is 34.8 Å². The van der Waals surface area contributed by atoms with Crippen LogP contribution in [0, 0.1) is 5.82 Å². The van der Waals surface area contributed by atoms with Crippen LogP contribution in [0.15, 0.2) is 48.8 Å². The topological polar surface area (TPSA) is 108 Å². The molecule has 1 aliphatic heterocycles. The van der Waals surface area contributed by atoms with Crippen molar-refractivity contribution in [2.75, 3.05) is 12.4 Å². The highest BCUT2D eigenvalue weighted by Gasteiger charge is 2.51. The van der Waals surface area contributed by atoms with Crippen LogP contribution in [0.5, 0.6) is 0 Å². The Morgan fingerprint density at radius 3 is 2.65 bits per heavy atom. The molecule has 9 nitrogen and oxygen atoms in total. The number of carboxylic acids is 1. The molecule has 37 heavy (non-hydrogen) atoms. The number of carboxylic acid groups (broad SMARTS) is 1. The van der Waals surface area contributed by atoms with Crippen molar-refractivity contribution in [2.45, 2.75) is 44.4 Å². The Labute approximate surface area is 217 Å². The van der Waals surface area contributed by atoms with E-state index in [1.165, 1.54) is 24.3 Å². The Balaban J connectivity index is 1.37. The lowest BCUT2D eigenvalue weighted by Gasteiger charge is -2.35. The van der Waals surface area contributed by atoms with Crippen molar-refractivity contribution in [1.29, 1.82) is 0 Å². The van der Waals surface area contributed by atoms with E-state index in [2.05, 4.69) is 10.3 Å². The van der Waals surface area contributed by atoms with Gasteiger partial charge in [0.2, 0.25) is 0 Å². The number of anilines is 1. The molecule has 2 heterocycles. The second kappa shape index (κ2) is 9.19. The summed E-state index contributed by atoms with van der Waals surface area (Å²) in [7, 11) is 1.70. The van der Waals surface area contributed by atoms with Gasteiger partial charge in [-0.3, -0.25) is 4.79 Å². The van der Waals surface area contributed by atoms with Gasteiger partial charge >= 0.3 is 12.0 Å². The minimum atomic E-state index is -1.02. The number of hydrogen-bond donors (Lipinski definition) is 2. The van der Waals surface area contributed by atoms with Crippen molar-refractivity contribution in [3.05, 3.63) is 82.1 Å². The SMILES string of the molecule is CC1Cn2cnc(C(=O)N(C)C3(c4cccc(C(=O)O)c4)CC3)c2CN1C(=O)Nc1ccc(F)c(Cl)c1. The molecule has 192 valence electrons. The van der Waals surface area contributed by atoms with Crippen molar-refractivity contribution in [1.82, 2.24) is 19.4 Å². The van der Waals surface area contributed by atoms with Crippen molar-refractivity contribution in [3.8, 4) is 0 Å². The van der Waals surface area contributed by atoms with Gasteiger partial charge in [-0.15, -0.1) is 0 Å². The third kappa shape index (κ3) is 4.42. The smallest absolute Gasteiger partial charge is 0.335 e. The lowest BCUT2D eigenvalue weighted by Crippen LogP contribution is -2.47. The summed E-state index contributed by atoms with van der Waals surface area (Å²) in [5, 5.41) is 12.0. The van der Waals surface area contributed by atoms with Crippen LogP contribution >= 0.6 is 11.6 Å². The van der Waals surface area contributed by atoms with E-state index < -0.39 is 23.4 Å². The van der Waals surface area contributed by atoms with Gasteiger partial charge in [-0.05, 0) is 55.7 Å². The van der Waals surface area contributed by atoms with Crippen molar-refractivity contribution in [3.63, 3.8) is 0 Å². The monoisotopic (exact) mass is 525 g/mol. The first-order valence-electron chi connectivity index (χ1n) is 11.8. The van der Waals surface area contributed by atoms with Crippen molar-refractivity contribution >= 4 is 35.2 Å². The molecule has 1 fully saturated rings. The second-order valence-electron chi connectivity index (χ2n) is 9.51. The summed E-state index contributed by atoms with van der Waals surface area (Å²) in [6.45, 7) is 2.49. The largest absolute Gasteiger partial charge is 0.478 e. The summed E-state index contributed by atoms with van der Waals surface area (Å²) in [5.74, 6) is -1.90. The molecule has 3 aromatic rings. The van der Waals surface area contributed by atoms with Crippen LogP contribution in [0.3, 0.4) is 0 Å². The van der Waals surface area contributed by atoms with E-state index in [4.69, 9.17) is 11.6 Å². The fraction of sp³-hybridized carbons (Fsp3) is 0.308. The maximum atomic E-state index is 13.6. The lowest BCUT2D eigenvalue weighted by atomic mass is 10.00. The van der Waals surface area contributed by atoms with Gasteiger partial charge in [0, 0.05) is 25.3 Å². The Morgan fingerprint density at radius 2 is 1.97 bits per heavy atom. The minimum Gasteiger partial charge on any atom is -0.478 e. The van der Waals surface area contributed by atoms with Crippen LogP contribution in [0.4, 0.5) is 14.9 Å². The summed E-state index contributed by atoms with van der Waals surface area (Å²) in [6, 6.07) is 10.0. The van der Waals surface area contributed by atoms with Gasteiger partial charge < -0.3 is 24.8 Å². The van der Waals surface area contributed by atoms with Crippen molar-refractivity contribution < 1.29 is 23.9 Å². The molecule has 0 saturated heterocycles. The fourth-order valence-corrected chi connectivity index (χ4v) is 5.06. The maximum absolute atomic E-state index is 13.6. The standard InChI is InChI=1S/C26H25ClFN5O4/c1-15-12-32-14-29-22(21(32)13-33(15)25(37)30-18-6-7-20(28)19(27)11-18)23(34)31(2)26(8-9-26)17-5-3-4-16(10-17)24(35)36/h3-7,10-11,14-15H,8-9,12-13H2,1-2H3,(H,30,37)(H,35,36). The van der Waals surface area contributed by atoms with Crippen LogP contribution in [0.2, 0.25) is 5.02 Å². The Morgan fingerprint density at radius 1 is 1.22 bits per heavy atom. The van der Waals surface area contributed by atoms with Gasteiger partial charge in [-0.2, -0.15) is 0 Å². The first kappa shape index (κ1) is 24.8. The van der Waals surface area contributed by atoms with E-state index >= 15 is 0 Å². The van der Waals surface area contributed by atoms with Crippen LogP contribution in [0.1, 0.15) is 51.9 Å². The van der Waals surface area contributed by atoms with Crippen LogP contribution in [-0.4, -0.2) is 55.5 Å². The highest BCUT2D eigenvalue weighted by atomic mass is 35.5. The number of fused-ring (bicyclic) bond motifs is 1. The normalized spacial score (nSPS) is 17.6. The first-order valence-corrected chi connectivity index (χ1v) is 12.2. The van der Waals surface area contributed by atoms with Crippen LogP contribution in [-0.2, 0) is 18.6 Å². The maximum Gasteiger partial charge on any atom is 0.335 e. The van der Waals surface area contributed by atoms with Crippen molar-refractivity contribution in [2.24, 2.45) is 0 Å². The number of benzene rings is 2. The van der Waals surface area contributed by atoms with Gasteiger partial charge in [-0.25, -0.2) is 19.0 Å². The fourth-order valence-electron chi connectivity index (χ4n) is 4.88. The van der Waals surface area contributed by atoms with Gasteiger partial charge in [0.05, 0.1) is 34.7 Å². The molecule has 1 atom stereocenters. The molecule has 2 aromatic carbocycles. The zero-order valence-electron chi connectivity index (χ0n) is 20.2. The van der Waals surface area contributed by atoms with E-state index in [0.717, 1.165) is 5.56 Å². The molecular formula is C26H25ClFN5O4. The molecule has 1 saturated carbocycles. The van der Waals surface area contributed by atoms with E-state index in [1.807, 2.05) is 17.6 Å². The summed E-state index contributed by atoms with van der Waals surface area (Å²) in [6.07, 6.45) is 3.02. The molecule has 5 rings (SSSR count). The van der Waals surface area contributed by atoms with Crippen LogP contribution in [0.25, 0.3) is 0 Å². The molecule has 11 heteroatoms. The highest BCUT2D eigenvalue weighted by Crippen LogP contribution is 2.51. The molecule has 1 aliphatic carbocycles. The van der Waals surface area contributed by atoms with Gasteiger partial charge in [0.15, 0.2) is 5.69 Å². The number of aromatic carboxylic acids is 1. The average Bonchev–Trinajstić information content (AvgIpc) is 3.59. The van der Waals surface area contributed by atoms with Crippen LogP contribution < -0.4 is 5.32 Å². The summed E-state index contributed by atoms with van der Waals surface area (Å²) < 4.78 is 15.4. The van der Waals surface area contributed by atoms with Gasteiger partial charge in [0.1, 0.15) is 5.82 Å². The summed E-state index contributed by atoms with van der Waals surface area (Å²) in [4.78, 5) is 45.8. The molecule has 0 spiro atoms. The summed E-state index contributed by atoms with van der Waals surface area (Å²) in [5.41, 5.74) is 1.55.